The van der Waals surface area contributed by atoms with Gasteiger partial charge in [-0.25, -0.2) is 0 Å². The number of benzene rings is 1. The SMILES string of the molecule is COc1ccc(CN2C(=O)C(C)(C)C2/C=C/CBr)cc1. The van der Waals surface area contributed by atoms with E-state index in [2.05, 4.69) is 28.1 Å². The van der Waals surface area contributed by atoms with E-state index >= 15 is 0 Å². The molecule has 1 atom stereocenters. The second-order valence-electron chi connectivity index (χ2n) is 5.53. The molecule has 1 aromatic rings. The summed E-state index contributed by atoms with van der Waals surface area (Å²) >= 11 is 3.38. The number of β-lactam (4-membered cyclic amide) rings is 1. The number of hydrogen-bond donors (Lipinski definition) is 0. The first-order valence-electron chi connectivity index (χ1n) is 6.67. The predicted octanol–water partition coefficient (Wildman–Crippen LogP) is 3.38. The average Bonchev–Trinajstić information content (AvgIpc) is 2.46. The molecule has 0 aromatic heterocycles. The molecule has 0 N–H and O–H groups in total. The van der Waals surface area contributed by atoms with Crippen LogP contribution >= 0.6 is 15.9 Å². The molecular weight excluding hydrogens is 318 g/mol. The van der Waals surface area contributed by atoms with Crippen LogP contribution in [-0.2, 0) is 11.3 Å². The van der Waals surface area contributed by atoms with E-state index in [1.54, 1.807) is 7.11 Å². The van der Waals surface area contributed by atoms with Crippen LogP contribution in [0.4, 0.5) is 0 Å². The standard InChI is InChI=1S/C16H20BrNO2/c1-16(2)14(5-4-10-17)18(15(16)19)11-12-6-8-13(20-3)9-7-12/h4-9,14H,10-11H2,1-3H3/b5-4+. The van der Waals surface area contributed by atoms with Gasteiger partial charge in [0.05, 0.1) is 18.6 Å². The number of alkyl halides is 1. The fraction of sp³-hybridized carbons (Fsp3) is 0.438. The molecular formula is C16H20BrNO2. The summed E-state index contributed by atoms with van der Waals surface area (Å²) in [6.45, 7) is 4.65. The van der Waals surface area contributed by atoms with E-state index in [1.165, 1.54) is 0 Å². The first-order chi connectivity index (χ1) is 9.50. The lowest BCUT2D eigenvalue weighted by Crippen LogP contribution is -2.64. The second-order valence-corrected chi connectivity index (χ2v) is 6.18. The van der Waals surface area contributed by atoms with Crippen LogP contribution in [0.15, 0.2) is 36.4 Å². The third kappa shape index (κ3) is 2.75. The number of carbonyl (C=O) groups is 1. The summed E-state index contributed by atoms with van der Waals surface area (Å²) in [5.74, 6) is 1.04. The van der Waals surface area contributed by atoms with Crippen LogP contribution in [-0.4, -0.2) is 29.3 Å². The maximum atomic E-state index is 12.2. The highest BCUT2D eigenvalue weighted by Crippen LogP contribution is 2.40. The van der Waals surface area contributed by atoms with Crippen LogP contribution in [0.25, 0.3) is 0 Å². The molecule has 2 rings (SSSR count). The minimum atomic E-state index is -0.300. The topological polar surface area (TPSA) is 29.5 Å². The smallest absolute Gasteiger partial charge is 0.231 e. The van der Waals surface area contributed by atoms with E-state index < -0.39 is 0 Å². The van der Waals surface area contributed by atoms with E-state index in [0.29, 0.717) is 6.54 Å². The summed E-state index contributed by atoms with van der Waals surface area (Å²) in [5.41, 5.74) is 0.817. The molecule has 1 unspecified atom stereocenters. The highest BCUT2D eigenvalue weighted by Gasteiger charge is 2.52. The van der Waals surface area contributed by atoms with E-state index in [1.807, 2.05) is 43.0 Å². The van der Waals surface area contributed by atoms with Gasteiger partial charge in [0.2, 0.25) is 5.91 Å². The largest absolute Gasteiger partial charge is 0.497 e. The number of halogens is 1. The molecule has 1 fully saturated rings. The Morgan fingerprint density at radius 2 is 2.00 bits per heavy atom. The summed E-state index contributed by atoms with van der Waals surface area (Å²) in [5, 5.41) is 0.810. The lowest BCUT2D eigenvalue weighted by atomic mass is 9.73. The van der Waals surface area contributed by atoms with Gasteiger partial charge in [-0.3, -0.25) is 4.79 Å². The Morgan fingerprint density at radius 1 is 1.35 bits per heavy atom. The van der Waals surface area contributed by atoms with Crippen molar-refractivity contribution in [3.05, 3.63) is 42.0 Å². The van der Waals surface area contributed by atoms with E-state index in [9.17, 15) is 4.79 Å². The maximum absolute atomic E-state index is 12.2. The molecule has 1 amide bonds. The Balaban J connectivity index is 2.10. The first-order valence-corrected chi connectivity index (χ1v) is 7.79. The number of rotatable bonds is 5. The van der Waals surface area contributed by atoms with Gasteiger partial charge in [-0.15, -0.1) is 0 Å². The molecule has 108 valence electrons. The Kier molecular flexibility index (Phi) is 4.53. The Labute approximate surface area is 128 Å². The van der Waals surface area contributed by atoms with Crippen LogP contribution in [0, 0.1) is 5.41 Å². The lowest BCUT2D eigenvalue weighted by molar-refractivity contribution is -0.164. The number of methoxy groups -OCH3 is 1. The van der Waals surface area contributed by atoms with Gasteiger partial charge in [0.15, 0.2) is 0 Å². The van der Waals surface area contributed by atoms with Gasteiger partial charge in [-0.05, 0) is 31.5 Å². The van der Waals surface area contributed by atoms with Gasteiger partial charge in [0.1, 0.15) is 5.75 Å². The van der Waals surface area contributed by atoms with E-state index in [0.717, 1.165) is 16.6 Å². The van der Waals surface area contributed by atoms with Crippen molar-refractivity contribution in [2.24, 2.45) is 5.41 Å². The average molecular weight is 338 g/mol. The summed E-state index contributed by atoms with van der Waals surface area (Å²) in [6.07, 6.45) is 4.17. The maximum Gasteiger partial charge on any atom is 0.231 e. The highest BCUT2D eigenvalue weighted by atomic mass is 79.9. The molecule has 3 nitrogen and oxygen atoms in total. The van der Waals surface area contributed by atoms with Crippen molar-refractivity contribution in [2.45, 2.75) is 26.4 Å². The van der Waals surface area contributed by atoms with Crippen LogP contribution in [0.3, 0.4) is 0 Å². The van der Waals surface area contributed by atoms with Crippen LogP contribution in [0.1, 0.15) is 19.4 Å². The van der Waals surface area contributed by atoms with Crippen molar-refractivity contribution >= 4 is 21.8 Å². The summed E-state index contributed by atoms with van der Waals surface area (Å²) in [6, 6.07) is 8.02. The predicted molar refractivity (Wildman–Crippen MR) is 84.0 cm³/mol. The number of ether oxygens (including phenoxy) is 1. The van der Waals surface area contributed by atoms with Crippen molar-refractivity contribution < 1.29 is 9.53 Å². The van der Waals surface area contributed by atoms with Crippen LogP contribution < -0.4 is 4.74 Å². The van der Waals surface area contributed by atoms with Gasteiger partial charge in [-0.2, -0.15) is 0 Å². The minimum Gasteiger partial charge on any atom is -0.497 e. The van der Waals surface area contributed by atoms with Crippen molar-refractivity contribution in [3.8, 4) is 5.75 Å². The molecule has 1 aliphatic rings. The molecule has 20 heavy (non-hydrogen) atoms. The van der Waals surface area contributed by atoms with Gasteiger partial charge < -0.3 is 9.64 Å². The number of amides is 1. The second kappa shape index (κ2) is 6.00. The molecule has 0 radical (unpaired) electrons. The molecule has 4 heteroatoms. The van der Waals surface area contributed by atoms with Gasteiger partial charge in [0, 0.05) is 11.9 Å². The Bertz CT molecular complexity index is 508. The number of hydrogen-bond acceptors (Lipinski definition) is 2. The summed E-state index contributed by atoms with van der Waals surface area (Å²) < 4.78 is 5.15. The normalized spacial score (nSPS) is 21.1. The number of likely N-dealkylation sites (tertiary alicyclic amines) is 1. The monoisotopic (exact) mass is 337 g/mol. The highest BCUT2D eigenvalue weighted by molar-refractivity contribution is 9.09. The zero-order valence-electron chi connectivity index (χ0n) is 12.1. The third-order valence-corrected chi connectivity index (χ3v) is 4.18. The van der Waals surface area contributed by atoms with E-state index in [4.69, 9.17) is 4.74 Å². The lowest BCUT2D eigenvalue weighted by Gasteiger charge is -2.52. The molecule has 1 aromatic carbocycles. The molecule has 0 saturated carbocycles. The van der Waals surface area contributed by atoms with Gasteiger partial charge in [-0.1, -0.05) is 40.2 Å². The van der Waals surface area contributed by atoms with Crippen molar-refractivity contribution in [1.29, 1.82) is 0 Å². The molecule has 0 spiro atoms. The Hall–Kier alpha value is -1.29. The quantitative estimate of drug-likeness (QED) is 0.468. The van der Waals surface area contributed by atoms with Crippen molar-refractivity contribution in [3.63, 3.8) is 0 Å². The minimum absolute atomic E-state index is 0.162. The first kappa shape index (κ1) is 15.1. The van der Waals surface area contributed by atoms with Crippen molar-refractivity contribution in [2.75, 3.05) is 12.4 Å². The number of nitrogens with zero attached hydrogens (tertiary/aromatic N) is 1. The van der Waals surface area contributed by atoms with E-state index in [-0.39, 0.29) is 17.4 Å². The summed E-state index contributed by atoms with van der Waals surface area (Å²) in [4.78, 5) is 14.2. The molecule has 1 aliphatic heterocycles. The third-order valence-electron chi connectivity index (χ3n) is 3.81. The molecule has 1 saturated heterocycles. The van der Waals surface area contributed by atoms with Crippen LogP contribution in [0.5, 0.6) is 5.75 Å². The molecule has 0 aliphatic carbocycles. The number of carbonyl (C=O) groups excluding carboxylic acids is 1. The molecule has 0 bridgehead atoms. The van der Waals surface area contributed by atoms with Gasteiger partial charge in [0.25, 0.3) is 0 Å². The van der Waals surface area contributed by atoms with Gasteiger partial charge >= 0.3 is 0 Å². The molecule has 1 heterocycles. The zero-order chi connectivity index (χ0) is 14.8. The fourth-order valence-corrected chi connectivity index (χ4v) is 2.78. The van der Waals surface area contributed by atoms with Crippen molar-refractivity contribution in [1.82, 2.24) is 4.90 Å². The summed E-state index contributed by atoms with van der Waals surface area (Å²) in [7, 11) is 1.65. The Morgan fingerprint density at radius 3 is 2.55 bits per heavy atom. The van der Waals surface area contributed by atoms with Crippen LogP contribution in [0.2, 0.25) is 0 Å². The number of allylic oxidation sites excluding steroid dienone is 1. The zero-order valence-corrected chi connectivity index (χ0v) is 13.7. The fourth-order valence-electron chi connectivity index (χ4n) is 2.57.